The Morgan fingerprint density at radius 3 is 2.95 bits per heavy atom. The molecule has 0 spiro atoms. The lowest BCUT2D eigenvalue weighted by molar-refractivity contribution is 0.0519. The van der Waals surface area contributed by atoms with Crippen LogP contribution >= 0.6 is 0 Å². The van der Waals surface area contributed by atoms with Gasteiger partial charge in [0.25, 0.3) is 6.01 Å². The van der Waals surface area contributed by atoms with Gasteiger partial charge in [-0.3, -0.25) is 0 Å². The van der Waals surface area contributed by atoms with Crippen molar-refractivity contribution in [3.05, 3.63) is 12.0 Å². The van der Waals surface area contributed by atoms with Gasteiger partial charge in [-0.25, -0.2) is 4.79 Å². The number of anilines is 1. The summed E-state index contributed by atoms with van der Waals surface area (Å²) in [5.74, 6) is -0.462. The fourth-order valence-electron chi connectivity index (χ4n) is 1.52. The quantitative estimate of drug-likeness (QED) is 0.728. The number of nitrogens with one attached hydrogen (secondary N) is 1. The van der Waals surface area contributed by atoms with Crippen LogP contribution in [0.4, 0.5) is 6.01 Å². The molecule has 0 saturated carbocycles. The highest BCUT2D eigenvalue weighted by atomic mass is 16.5. The Morgan fingerprint density at radius 1 is 1.58 bits per heavy atom. The van der Waals surface area contributed by atoms with Gasteiger partial charge in [-0.05, 0) is 27.3 Å². The zero-order chi connectivity index (χ0) is 14.3. The lowest BCUT2D eigenvalue weighted by Gasteiger charge is -2.23. The van der Waals surface area contributed by atoms with Crippen LogP contribution in [-0.4, -0.2) is 48.6 Å². The Labute approximate surface area is 114 Å². The Bertz CT molecular complexity index is 392. The van der Waals surface area contributed by atoms with Crippen LogP contribution in [-0.2, 0) is 4.74 Å². The third kappa shape index (κ3) is 4.90. The minimum Gasteiger partial charge on any atom is -0.461 e. The second kappa shape index (κ2) is 7.78. The van der Waals surface area contributed by atoms with Crippen molar-refractivity contribution in [3.63, 3.8) is 0 Å². The Balaban J connectivity index is 2.36. The molecule has 108 valence electrons. The number of likely N-dealkylation sites (N-methyl/N-ethyl adjacent to an activating group) is 1. The van der Waals surface area contributed by atoms with Crippen LogP contribution in [0.2, 0.25) is 0 Å². The fraction of sp³-hybridized carbons (Fsp3) is 0.692. The molecule has 0 aliphatic carbocycles. The van der Waals surface area contributed by atoms with Gasteiger partial charge < -0.3 is 19.4 Å². The molecule has 0 radical (unpaired) electrons. The van der Waals surface area contributed by atoms with Crippen LogP contribution in [0.25, 0.3) is 0 Å². The molecule has 1 N–H and O–H groups in total. The summed E-state index contributed by atoms with van der Waals surface area (Å²) in [5, 5.41) is 3.04. The van der Waals surface area contributed by atoms with E-state index in [2.05, 4.69) is 36.1 Å². The summed E-state index contributed by atoms with van der Waals surface area (Å²) in [6.45, 7) is 8.02. The maximum absolute atomic E-state index is 11.4. The first-order valence-corrected chi connectivity index (χ1v) is 6.65. The first kappa shape index (κ1) is 15.5. The van der Waals surface area contributed by atoms with Crippen molar-refractivity contribution < 1.29 is 13.9 Å². The summed E-state index contributed by atoms with van der Waals surface area (Å²) in [7, 11) is 2.08. The Kier molecular flexibility index (Phi) is 6.35. The highest BCUT2D eigenvalue weighted by Crippen LogP contribution is 2.08. The van der Waals surface area contributed by atoms with E-state index in [0.717, 1.165) is 13.0 Å². The molecule has 0 aromatic carbocycles. The van der Waals surface area contributed by atoms with Crippen LogP contribution in [0.3, 0.4) is 0 Å². The first-order valence-electron chi connectivity index (χ1n) is 6.65. The molecule has 0 aliphatic rings. The van der Waals surface area contributed by atoms with Gasteiger partial charge in [0, 0.05) is 19.1 Å². The summed E-state index contributed by atoms with van der Waals surface area (Å²) in [5.41, 5.74) is 0.194. The topological polar surface area (TPSA) is 67.6 Å². The first-order chi connectivity index (χ1) is 9.08. The monoisotopic (exact) mass is 269 g/mol. The molecule has 1 aromatic heterocycles. The molecular weight excluding hydrogens is 246 g/mol. The molecule has 6 nitrogen and oxygen atoms in total. The van der Waals surface area contributed by atoms with Crippen LogP contribution in [0.15, 0.2) is 10.7 Å². The molecule has 1 aromatic rings. The lowest BCUT2D eigenvalue weighted by Crippen LogP contribution is -2.32. The van der Waals surface area contributed by atoms with Gasteiger partial charge in [-0.1, -0.05) is 6.92 Å². The fourth-order valence-corrected chi connectivity index (χ4v) is 1.52. The van der Waals surface area contributed by atoms with E-state index in [0.29, 0.717) is 25.2 Å². The number of rotatable bonds is 8. The van der Waals surface area contributed by atoms with Crippen molar-refractivity contribution in [3.8, 4) is 0 Å². The zero-order valence-corrected chi connectivity index (χ0v) is 12.1. The Morgan fingerprint density at radius 2 is 2.32 bits per heavy atom. The second-order valence-corrected chi connectivity index (χ2v) is 4.42. The number of carbonyl (C=O) groups is 1. The van der Waals surface area contributed by atoms with Crippen molar-refractivity contribution in [2.75, 3.05) is 32.1 Å². The van der Waals surface area contributed by atoms with E-state index in [1.807, 2.05) is 0 Å². The average molecular weight is 269 g/mol. The van der Waals surface area contributed by atoms with E-state index in [1.165, 1.54) is 6.26 Å². The number of carbonyl (C=O) groups excluding carboxylic acids is 1. The van der Waals surface area contributed by atoms with Crippen molar-refractivity contribution in [2.45, 2.75) is 33.2 Å². The van der Waals surface area contributed by atoms with Crippen LogP contribution in [0.5, 0.6) is 0 Å². The van der Waals surface area contributed by atoms with Gasteiger partial charge in [0.2, 0.25) is 0 Å². The SMILES string of the molecule is CCOC(=O)c1coc(NCCN(C)C(C)CC)n1. The maximum atomic E-state index is 11.4. The summed E-state index contributed by atoms with van der Waals surface area (Å²) in [4.78, 5) is 17.7. The zero-order valence-electron chi connectivity index (χ0n) is 12.1. The molecule has 0 bridgehead atoms. The normalized spacial score (nSPS) is 12.5. The number of oxazole rings is 1. The summed E-state index contributed by atoms with van der Waals surface area (Å²) in [6.07, 6.45) is 2.42. The molecular formula is C13H23N3O3. The van der Waals surface area contributed by atoms with E-state index in [9.17, 15) is 4.79 Å². The number of hydrogen-bond acceptors (Lipinski definition) is 6. The lowest BCUT2D eigenvalue weighted by atomic mass is 10.2. The summed E-state index contributed by atoms with van der Waals surface area (Å²) < 4.78 is 9.99. The number of aromatic nitrogens is 1. The van der Waals surface area contributed by atoms with Crippen molar-refractivity contribution >= 4 is 12.0 Å². The molecule has 0 saturated heterocycles. The smallest absolute Gasteiger partial charge is 0.360 e. The van der Waals surface area contributed by atoms with Gasteiger partial charge in [0.1, 0.15) is 6.26 Å². The number of nitrogens with zero attached hydrogens (tertiary/aromatic N) is 2. The van der Waals surface area contributed by atoms with E-state index >= 15 is 0 Å². The summed E-state index contributed by atoms with van der Waals surface area (Å²) in [6, 6.07) is 0.891. The number of ether oxygens (including phenoxy) is 1. The van der Waals surface area contributed by atoms with Gasteiger partial charge in [0.05, 0.1) is 6.61 Å². The highest BCUT2D eigenvalue weighted by Gasteiger charge is 2.13. The minimum atomic E-state index is -0.462. The van der Waals surface area contributed by atoms with Crippen molar-refractivity contribution in [1.29, 1.82) is 0 Å². The average Bonchev–Trinajstić information content (AvgIpc) is 2.86. The van der Waals surface area contributed by atoms with Gasteiger partial charge in [-0.15, -0.1) is 0 Å². The molecule has 6 heteroatoms. The molecule has 1 unspecified atom stereocenters. The van der Waals surface area contributed by atoms with Gasteiger partial charge in [0.15, 0.2) is 5.69 Å². The van der Waals surface area contributed by atoms with Gasteiger partial charge in [-0.2, -0.15) is 4.98 Å². The van der Waals surface area contributed by atoms with E-state index in [1.54, 1.807) is 6.92 Å². The number of esters is 1. The molecule has 1 heterocycles. The van der Waals surface area contributed by atoms with Crippen molar-refractivity contribution in [1.82, 2.24) is 9.88 Å². The standard InChI is InChI=1S/C13H23N3O3/c1-5-10(3)16(4)8-7-14-13-15-11(9-19-13)12(17)18-6-2/h9-10H,5-8H2,1-4H3,(H,14,15). The van der Waals surface area contributed by atoms with E-state index < -0.39 is 5.97 Å². The third-order valence-corrected chi connectivity index (χ3v) is 3.07. The van der Waals surface area contributed by atoms with E-state index in [4.69, 9.17) is 9.15 Å². The largest absolute Gasteiger partial charge is 0.461 e. The molecule has 19 heavy (non-hydrogen) atoms. The minimum absolute atomic E-state index is 0.194. The highest BCUT2D eigenvalue weighted by molar-refractivity contribution is 5.87. The molecule has 1 atom stereocenters. The molecule has 0 fully saturated rings. The summed E-state index contributed by atoms with van der Waals surface area (Å²) >= 11 is 0. The van der Waals surface area contributed by atoms with Crippen LogP contribution in [0, 0.1) is 0 Å². The van der Waals surface area contributed by atoms with Crippen LogP contribution < -0.4 is 5.32 Å². The Hall–Kier alpha value is -1.56. The van der Waals surface area contributed by atoms with E-state index in [-0.39, 0.29) is 5.69 Å². The third-order valence-electron chi connectivity index (χ3n) is 3.07. The molecule has 0 amide bonds. The second-order valence-electron chi connectivity index (χ2n) is 4.42. The predicted molar refractivity (Wildman–Crippen MR) is 73.3 cm³/mol. The molecule has 0 aliphatic heterocycles. The molecule has 1 rings (SSSR count). The maximum Gasteiger partial charge on any atom is 0.360 e. The van der Waals surface area contributed by atoms with Crippen LogP contribution in [0.1, 0.15) is 37.7 Å². The van der Waals surface area contributed by atoms with Gasteiger partial charge >= 0.3 is 5.97 Å². The van der Waals surface area contributed by atoms with Crippen molar-refractivity contribution in [2.24, 2.45) is 0 Å². The predicted octanol–water partition coefficient (Wildman–Crippen LogP) is 1.99. The number of hydrogen-bond donors (Lipinski definition) is 1.